The van der Waals surface area contributed by atoms with E-state index in [4.69, 9.17) is 0 Å². The van der Waals surface area contributed by atoms with Crippen LogP contribution in [0.25, 0.3) is 0 Å². The van der Waals surface area contributed by atoms with Crippen molar-refractivity contribution in [3.05, 3.63) is 22.4 Å². The van der Waals surface area contributed by atoms with E-state index in [1.165, 1.54) is 5.56 Å². The number of rotatable bonds is 4. The van der Waals surface area contributed by atoms with Crippen molar-refractivity contribution in [3.63, 3.8) is 0 Å². The first-order valence-electron chi connectivity index (χ1n) is 5.28. The molecule has 0 saturated carbocycles. The zero-order chi connectivity index (χ0) is 11.5. The van der Waals surface area contributed by atoms with Crippen molar-refractivity contribution in [2.75, 3.05) is 0 Å². The van der Waals surface area contributed by atoms with Crippen LogP contribution in [0.1, 0.15) is 32.8 Å². The van der Waals surface area contributed by atoms with E-state index >= 15 is 0 Å². The summed E-state index contributed by atoms with van der Waals surface area (Å²) in [6.07, 6.45) is 0.161. The van der Waals surface area contributed by atoms with E-state index < -0.39 is 12.2 Å². The van der Waals surface area contributed by atoms with Crippen LogP contribution in [0.2, 0.25) is 0 Å². The van der Waals surface area contributed by atoms with Crippen molar-refractivity contribution in [2.45, 2.75) is 45.8 Å². The molecule has 0 aliphatic carbocycles. The number of hydrogen-bond donors (Lipinski definition) is 2. The summed E-state index contributed by atoms with van der Waals surface area (Å²) in [7, 11) is 0. The van der Waals surface area contributed by atoms with E-state index in [1.54, 1.807) is 11.3 Å². The Balaban J connectivity index is 2.39. The van der Waals surface area contributed by atoms with Crippen LogP contribution in [0, 0.1) is 5.41 Å². The average Bonchev–Trinajstić information content (AvgIpc) is 2.63. The van der Waals surface area contributed by atoms with Gasteiger partial charge in [0.15, 0.2) is 0 Å². The first kappa shape index (κ1) is 12.7. The van der Waals surface area contributed by atoms with Crippen LogP contribution < -0.4 is 0 Å². The number of aliphatic hydroxyl groups excluding tert-OH is 2. The molecule has 0 amide bonds. The fraction of sp³-hybridized carbons (Fsp3) is 0.667. The maximum absolute atomic E-state index is 9.84. The summed E-state index contributed by atoms with van der Waals surface area (Å²) in [4.78, 5) is 0. The lowest BCUT2D eigenvalue weighted by Crippen LogP contribution is -2.37. The van der Waals surface area contributed by atoms with Crippen LogP contribution in [0.3, 0.4) is 0 Å². The Morgan fingerprint density at radius 1 is 1.33 bits per heavy atom. The molecule has 2 atom stereocenters. The molecular formula is C12H20O2S. The Bertz CT molecular complexity index is 274. The SMILES string of the molecule is CC(C)(C)C(O)C(O)CCc1ccsc1. The second-order valence-corrected chi connectivity index (χ2v) is 5.83. The standard InChI is InChI=1S/C12H20O2S/c1-12(2,3)11(14)10(13)5-4-9-6-7-15-8-9/h6-8,10-11,13-14H,4-5H2,1-3H3. The molecule has 0 saturated heterocycles. The average molecular weight is 228 g/mol. The zero-order valence-electron chi connectivity index (χ0n) is 9.60. The molecule has 15 heavy (non-hydrogen) atoms. The van der Waals surface area contributed by atoms with Crippen molar-refractivity contribution in [3.8, 4) is 0 Å². The summed E-state index contributed by atoms with van der Waals surface area (Å²) < 4.78 is 0. The molecule has 0 spiro atoms. The molecule has 1 rings (SSSR count). The van der Waals surface area contributed by atoms with E-state index in [0.717, 1.165) is 6.42 Å². The van der Waals surface area contributed by atoms with Crippen molar-refractivity contribution in [1.82, 2.24) is 0 Å². The fourth-order valence-electron chi connectivity index (χ4n) is 1.48. The predicted octanol–water partition coefficient (Wildman–Crippen LogP) is 2.45. The van der Waals surface area contributed by atoms with Gasteiger partial charge in [-0.2, -0.15) is 11.3 Å². The number of aliphatic hydroxyl groups is 2. The molecule has 3 heteroatoms. The molecule has 2 unspecified atom stereocenters. The Labute approximate surface area is 95.6 Å². The first-order chi connectivity index (χ1) is 6.91. The number of thiophene rings is 1. The van der Waals surface area contributed by atoms with Crippen LogP contribution in [-0.4, -0.2) is 22.4 Å². The molecule has 1 aromatic heterocycles. The molecular weight excluding hydrogens is 208 g/mol. The smallest absolute Gasteiger partial charge is 0.0847 e. The van der Waals surface area contributed by atoms with Crippen molar-refractivity contribution in [2.24, 2.45) is 5.41 Å². The molecule has 0 bridgehead atoms. The van der Waals surface area contributed by atoms with E-state index in [9.17, 15) is 10.2 Å². The van der Waals surface area contributed by atoms with Crippen LogP contribution in [0.4, 0.5) is 0 Å². The summed E-state index contributed by atoms with van der Waals surface area (Å²) in [5, 5.41) is 23.8. The van der Waals surface area contributed by atoms with E-state index in [0.29, 0.717) is 6.42 Å². The quantitative estimate of drug-likeness (QED) is 0.831. The minimum Gasteiger partial charge on any atom is -0.390 e. The highest BCUT2D eigenvalue weighted by Gasteiger charge is 2.28. The van der Waals surface area contributed by atoms with Gasteiger partial charge in [-0.3, -0.25) is 0 Å². The third-order valence-electron chi connectivity index (χ3n) is 2.56. The minimum atomic E-state index is -0.656. The van der Waals surface area contributed by atoms with Gasteiger partial charge in [-0.15, -0.1) is 0 Å². The topological polar surface area (TPSA) is 40.5 Å². The second kappa shape index (κ2) is 5.10. The van der Waals surface area contributed by atoms with Gasteiger partial charge in [0.2, 0.25) is 0 Å². The van der Waals surface area contributed by atoms with Crippen LogP contribution >= 0.6 is 11.3 Å². The molecule has 0 radical (unpaired) electrons. The number of aryl methyl sites for hydroxylation is 1. The molecule has 1 aromatic rings. The lowest BCUT2D eigenvalue weighted by molar-refractivity contribution is -0.0470. The Kier molecular flexibility index (Phi) is 4.32. The van der Waals surface area contributed by atoms with Crippen LogP contribution in [0.15, 0.2) is 16.8 Å². The summed E-state index contributed by atoms with van der Waals surface area (Å²) in [6, 6.07) is 2.06. The van der Waals surface area contributed by atoms with Gasteiger partial charge >= 0.3 is 0 Å². The maximum atomic E-state index is 9.84. The molecule has 2 nitrogen and oxygen atoms in total. The predicted molar refractivity (Wildman–Crippen MR) is 64.1 cm³/mol. The van der Waals surface area contributed by atoms with Gasteiger partial charge in [-0.1, -0.05) is 20.8 Å². The highest BCUT2D eigenvalue weighted by atomic mass is 32.1. The molecule has 0 aliphatic rings. The highest BCUT2D eigenvalue weighted by Crippen LogP contribution is 2.24. The van der Waals surface area contributed by atoms with Gasteiger partial charge < -0.3 is 10.2 Å². The van der Waals surface area contributed by atoms with Crippen LogP contribution in [-0.2, 0) is 6.42 Å². The summed E-state index contributed by atoms with van der Waals surface area (Å²) >= 11 is 1.66. The summed E-state index contributed by atoms with van der Waals surface area (Å²) in [5.41, 5.74) is 0.980. The third kappa shape index (κ3) is 3.93. The Morgan fingerprint density at radius 3 is 2.47 bits per heavy atom. The van der Waals surface area contributed by atoms with E-state index in [2.05, 4.69) is 11.4 Å². The van der Waals surface area contributed by atoms with Gasteiger partial charge in [0.25, 0.3) is 0 Å². The zero-order valence-corrected chi connectivity index (χ0v) is 10.4. The molecule has 0 fully saturated rings. The molecule has 2 N–H and O–H groups in total. The van der Waals surface area contributed by atoms with Crippen molar-refractivity contribution < 1.29 is 10.2 Å². The lowest BCUT2D eigenvalue weighted by atomic mass is 9.84. The van der Waals surface area contributed by atoms with Gasteiger partial charge in [-0.05, 0) is 40.6 Å². The molecule has 0 aromatic carbocycles. The molecule has 0 aliphatic heterocycles. The van der Waals surface area contributed by atoms with Crippen LogP contribution in [0.5, 0.6) is 0 Å². The largest absolute Gasteiger partial charge is 0.390 e. The van der Waals surface area contributed by atoms with E-state index in [-0.39, 0.29) is 5.41 Å². The van der Waals surface area contributed by atoms with Gasteiger partial charge in [-0.25, -0.2) is 0 Å². The van der Waals surface area contributed by atoms with E-state index in [1.807, 2.05) is 26.2 Å². The molecule has 1 heterocycles. The molecule has 86 valence electrons. The maximum Gasteiger partial charge on any atom is 0.0847 e. The highest BCUT2D eigenvalue weighted by molar-refractivity contribution is 7.07. The van der Waals surface area contributed by atoms with Gasteiger partial charge in [0, 0.05) is 0 Å². The van der Waals surface area contributed by atoms with Crippen molar-refractivity contribution >= 4 is 11.3 Å². The van der Waals surface area contributed by atoms with Gasteiger partial charge in [0.1, 0.15) is 0 Å². The Hall–Kier alpha value is -0.380. The monoisotopic (exact) mass is 228 g/mol. The summed E-state index contributed by atoms with van der Waals surface area (Å²) in [5.74, 6) is 0. The lowest BCUT2D eigenvalue weighted by Gasteiger charge is -2.29. The normalized spacial score (nSPS) is 16.3. The van der Waals surface area contributed by atoms with Crippen molar-refractivity contribution in [1.29, 1.82) is 0 Å². The Morgan fingerprint density at radius 2 is 2.00 bits per heavy atom. The second-order valence-electron chi connectivity index (χ2n) is 5.05. The van der Waals surface area contributed by atoms with Gasteiger partial charge in [0.05, 0.1) is 12.2 Å². The fourth-order valence-corrected chi connectivity index (χ4v) is 2.19. The summed E-state index contributed by atoms with van der Waals surface area (Å²) in [6.45, 7) is 5.81. The number of hydrogen-bond acceptors (Lipinski definition) is 3. The minimum absolute atomic E-state index is 0.256. The third-order valence-corrected chi connectivity index (χ3v) is 3.29. The first-order valence-corrected chi connectivity index (χ1v) is 6.23.